The van der Waals surface area contributed by atoms with E-state index in [-0.39, 0.29) is 0 Å². The van der Waals surface area contributed by atoms with Gasteiger partial charge in [-0.05, 0) is 17.7 Å². The second-order valence-electron chi connectivity index (χ2n) is 3.85. The number of aromatic nitrogens is 3. The summed E-state index contributed by atoms with van der Waals surface area (Å²) in [6.45, 7) is 0. The summed E-state index contributed by atoms with van der Waals surface area (Å²) in [5.74, 6) is 0.915. The van der Waals surface area contributed by atoms with Crippen molar-refractivity contribution in [3.8, 4) is 0 Å². The van der Waals surface area contributed by atoms with E-state index in [0.717, 1.165) is 21.7 Å². The molecular formula is C14H11N3S. The van der Waals surface area contributed by atoms with Gasteiger partial charge in [-0.1, -0.05) is 30.3 Å². The smallest absolute Gasteiger partial charge is 0.113 e. The highest BCUT2D eigenvalue weighted by atomic mass is 32.2. The van der Waals surface area contributed by atoms with Crippen molar-refractivity contribution < 1.29 is 0 Å². The van der Waals surface area contributed by atoms with Gasteiger partial charge in [0, 0.05) is 11.9 Å². The summed E-state index contributed by atoms with van der Waals surface area (Å²) < 4.78 is 0. The van der Waals surface area contributed by atoms with Crippen LogP contribution in [0.2, 0.25) is 0 Å². The van der Waals surface area contributed by atoms with Crippen LogP contribution in [0.1, 0.15) is 5.56 Å². The lowest BCUT2D eigenvalue weighted by atomic mass is 10.2. The molecule has 0 aliphatic heterocycles. The molecule has 0 amide bonds. The van der Waals surface area contributed by atoms with Crippen LogP contribution in [0.4, 0.5) is 0 Å². The maximum absolute atomic E-state index is 4.37. The molecule has 0 radical (unpaired) electrons. The van der Waals surface area contributed by atoms with Gasteiger partial charge in [0.05, 0.1) is 11.1 Å². The molecular weight excluding hydrogens is 242 g/mol. The average Bonchev–Trinajstić information content (AvgIpc) is 2.46. The fourth-order valence-electron chi connectivity index (χ4n) is 1.71. The minimum absolute atomic E-state index is 0.843. The highest BCUT2D eigenvalue weighted by Crippen LogP contribution is 2.26. The molecule has 3 nitrogen and oxygen atoms in total. The Balaban J connectivity index is 1.87. The van der Waals surface area contributed by atoms with Crippen molar-refractivity contribution in [2.75, 3.05) is 0 Å². The van der Waals surface area contributed by atoms with Crippen LogP contribution in [0.25, 0.3) is 11.0 Å². The Labute approximate surface area is 109 Å². The summed E-state index contributed by atoms with van der Waals surface area (Å²) in [5.41, 5.74) is 3.06. The van der Waals surface area contributed by atoms with E-state index in [1.54, 1.807) is 24.2 Å². The summed E-state index contributed by atoms with van der Waals surface area (Å²) in [7, 11) is 0. The maximum atomic E-state index is 4.37. The first kappa shape index (κ1) is 11.2. The minimum Gasteiger partial charge on any atom is -0.253 e. The predicted octanol–water partition coefficient (Wildman–Crippen LogP) is 3.32. The van der Waals surface area contributed by atoms with E-state index in [2.05, 4.69) is 39.4 Å². The van der Waals surface area contributed by atoms with Gasteiger partial charge >= 0.3 is 0 Å². The quantitative estimate of drug-likeness (QED) is 0.671. The van der Waals surface area contributed by atoms with E-state index >= 15 is 0 Å². The Bertz CT molecular complexity index is 650. The van der Waals surface area contributed by atoms with Crippen molar-refractivity contribution in [2.24, 2.45) is 0 Å². The number of benzene rings is 1. The molecule has 0 aliphatic rings. The molecule has 18 heavy (non-hydrogen) atoms. The van der Waals surface area contributed by atoms with Crippen LogP contribution in [-0.2, 0) is 5.75 Å². The fourth-order valence-corrected chi connectivity index (χ4v) is 2.64. The number of hydrogen-bond acceptors (Lipinski definition) is 4. The standard InChI is InChI=1S/C14H11N3S/c1-2-5-11(6-3-1)10-18-13-9-16-17-12-7-4-8-15-14(12)13/h1-9H,10H2. The number of pyridine rings is 1. The molecule has 0 N–H and O–H groups in total. The molecule has 0 bridgehead atoms. The van der Waals surface area contributed by atoms with E-state index in [9.17, 15) is 0 Å². The Hall–Kier alpha value is -1.94. The number of nitrogens with zero attached hydrogens (tertiary/aromatic N) is 3. The van der Waals surface area contributed by atoms with Gasteiger partial charge in [0.2, 0.25) is 0 Å². The molecule has 2 aromatic heterocycles. The second-order valence-corrected chi connectivity index (χ2v) is 4.87. The van der Waals surface area contributed by atoms with Gasteiger partial charge in [-0.25, -0.2) is 0 Å². The Morgan fingerprint density at radius 2 is 1.89 bits per heavy atom. The molecule has 3 aromatic rings. The van der Waals surface area contributed by atoms with Gasteiger partial charge in [0.25, 0.3) is 0 Å². The molecule has 0 unspecified atom stereocenters. The van der Waals surface area contributed by atoms with E-state index in [4.69, 9.17) is 0 Å². The number of rotatable bonds is 3. The maximum Gasteiger partial charge on any atom is 0.113 e. The summed E-state index contributed by atoms with van der Waals surface area (Å²) >= 11 is 1.74. The highest BCUT2D eigenvalue weighted by molar-refractivity contribution is 7.98. The first-order valence-electron chi connectivity index (χ1n) is 5.66. The molecule has 0 atom stereocenters. The van der Waals surface area contributed by atoms with Gasteiger partial charge < -0.3 is 0 Å². The molecule has 0 aliphatic carbocycles. The SMILES string of the molecule is c1ccc(CSc2cnnc3cccnc23)cc1. The van der Waals surface area contributed by atoms with E-state index in [0.29, 0.717) is 0 Å². The molecule has 4 heteroatoms. The summed E-state index contributed by atoms with van der Waals surface area (Å²) in [6.07, 6.45) is 3.57. The monoisotopic (exact) mass is 253 g/mol. The van der Waals surface area contributed by atoms with E-state index < -0.39 is 0 Å². The van der Waals surface area contributed by atoms with Crippen LogP contribution < -0.4 is 0 Å². The third-order valence-electron chi connectivity index (χ3n) is 2.60. The summed E-state index contributed by atoms with van der Waals surface area (Å²) in [4.78, 5) is 5.44. The normalized spacial score (nSPS) is 10.7. The van der Waals surface area contributed by atoms with Crippen molar-refractivity contribution in [1.82, 2.24) is 15.2 Å². The minimum atomic E-state index is 0.843. The van der Waals surface area contributed by atoms with Crippen molar-refractivity contribution in [3.63, 3.8) is 0 Å². The van der Waals surface area contributed by atoms with Crippen molar-refractivity contribution in [1.29, 1.82) is 0 Å². The molecule has 1 aromatic carbocycles. The molecule has 0 fully saturated rings. The van der Waals surface area contributed by atoms with Crippen molar-refractivity contribution >= 4 is 22.8 Å². The molecule has 2 heterocycles. The number of thioether (sulfide) groups is 1. The van der Waals surface area contributed by atoms with E-state index in [1.165, 1.54) is 5.56 Å². The second kappa shape index (κ2) is 5.14. The van der Waals surface area contributed by atoms with Gasteiger partial charge in [-0.3, -0.25) is 4.98 Å². The van der Waals surface area contributed by atoms with Crippen molar-refractivity contribution in [2.45, 2.75) is 10.6 Å². The molecule has 0 saturated heterocycles. The van der Waals surface area contributed by atoms with Gasteiger partial charge in [-0.15, -0.1) is 16.9 Å². The molecule has 88 valence electrons. The number of fused-ring (bicyclic) bond motifs is 1. The first-order valence-corrected chi connectivity index (χ1v) is 6.65. The van der Waals surface area contributed by atoms with Crippen LogP contribution in [-0.4, -0.2) is 15.2 Å². The zero-order valence-corrected chi connectivity index (χ0v) is 10.5. The Morgan fingerprint density at radius 1 is 1.00 bits per heavy atom. The van der Waals surface area contributed by atoms with Crippen LogP contribution in [0.3, 0.4) is 0 Å². The molecule has 0 spiro atoms. The van der Waals surface area contributed by atoms with Crippen LogP contribution >= 0.6 is 11.8 Å². The first-order chi connectivity index (χ1) is 8.93. The molecule has 0 saturated carbocycles. The Kier molecular flexibility index (Phi) is 3.19. The van der Waals surface area contributed by atoms with Gasteiger partial charge in [0.1, 0.15) is 11.0 Å². The fraction of sp³-hybridized carbons (Fsp3) is 0.0714. The lowest BCUT2D eigenvalue weighted by molar-refractivity contribution is 1.04. The van der Waals surface area contributed by atoms with Gasteiger partial charge in [-0.2, -0.15) is 5.10 Å². The third-order valence-corrected chi connectivity index (χ3v) is 3.68. The van der Waals surface area contributed by atoms with Crippen LogP contribution in [0, 0.1) is 0 Å². The lowest BCUT2D eigenvalue weighted by Crippen LogP contribution is -1.89. The van der Waals surface area contributed by atoms with Crippen LogP contribution in [0.5, 0.6) is 0 Å². The third kappa shape index (κ3) is 2.33. The Morgan fingerprint density at radius 3 is 2.78 bits per heavy atom. The largest absolute Gasteiger partial charge is 0.253 e. The van der Waals surface area contributed by atoms with Gasteiger partial charge in [0.15, 0.2) is 0 Å². The predicted molar refractivity (Wildman–Crippen MR) is 73.3 cm³/mol. The van der Waals surface area contributed by atoms with Crippen molar-refractivity contribution in [3.05, 3.63) is 60.4 Å². The summed E-state index contributed by atoms with van der Waals surface area (Å²) in [6, 6.07) is 14.2. The lowest BCUT2D eigenvalue weighted by Gasteiger charge is -2.03. The molecule has 3 rings (SSSR count). The highest BCUT2D eigenvalue weighted by Gasteiger charge is 2.04. The topological polar surface area (TPSA) is 38.7 Å². The average molecular weight is 253 g/mol. The van der Waals surface area contributed by atoms with E-state index in [1.807, 2.05) is 18.2 Å². The van der Waals surface area contributed by atoms with Crippen LogP contribution in [0.15, 0.2) is 59.8 Å². The summed E-state index contributed by atoms with van der Waals surface area (Å²) in [5, 5.41) is 8.09. The zero-order chi connectivity index (χ0) is 12.2. The number of hydrogen-bond donors (Lipinski definition) is 0. The zero-order valence-electron chi connectivity index (χ0n) is 9.65.